The van der Waals surface area contributed by atoms with E-state index >= 15 is 0 Å². The molecule has 3 heterocycles. The molecule has 0 saturated heterocycles. The molecule has 1 aliphatic rings. The second-order valence-electron chi connectivity index (χ2n) is 8.47. The highest BCUT2D eigenvalue weighted by molar-refractivity contribution is 5.77. The van der Waals surface area contributed by atoms with Crippen LogP contribution in [0.1, 0.15) is 36.6 Å². The molecule has 168 valence electrons. The molecule has 8 heteroatoms. The molecule has 0 amide bonds. The minimum absolute atomic E-state index is 0.222. The average molecular weight is 443 g/mol. The summed E-state index contributed by atoms with van der Waals surface area (Å²) in [5.74, 6) is 0.901. The smallest absolute Gasteiger partial charge is 0.278 e. The monoisotopic (exact) mass is 442 g/mol. The summed E-state index contributed by atoms with van der Waals surface area (Å²) in [5.41, 5.74) is 2.98. The number of fused-ring (bicyclic) bond motifs is 2. The van der Waals surface area contributed by atoms with Crippen molar-refractivity contribution < 1.29 is 5.11 Å². The van der Waals surface area contributed by atoms with Crippen LogP contribution >= 0.6 is 0 Å². The molecule has 0 fully saturated rings. The van der Waals surface area contributed by atoms with E-state index in [4.69, 9.17) is 4.98 Å². The first-order chi connectivity index (χ1) is 15.9. The van der Waals surface area contributed by atoms with Crippen molar-refractivity contribution in [2.24, 2.45) is 0 Å². The molecule has 0 saturated carbocycles. The summed E-state index contributed by atoms with van der Waals surface area (Å²) in [6.45, 7) is 8.06. The zero-order valence-corrected chi connectivity index (χ0v) is 18.7. The molecule has 5 rings (SSSR count). The summed E-state index contributed by atoms with van der Waals surface area (Å²) in [5, 5.41) is 14.6. The number of hydrogen-bond donors (Lipinski definition) is 2. The van der Waals surface area contributed by atoms with Crippen LogP contribution in [0.2, 0.25) is 0 Å². The van der Waals surface area contributed by atoms with E-state index in [9.17, 15) is 9.90 Å². The zero-order valence-electron chi connectivity index (χ0n) is 18.7. The number of allylic oxidation sites excluding steroid dienone is 1. The Morgan fingerprint density at radius 2 is 2.00 bits per heavy atom. The minimum Gasteiger partial charge on any atom is -0.384 e. The molecule has 4 aromatic rings. The van der Waals surface area contributed by atoms with Gasteiger partial charge in [-0.25, -0.2) is 19.3 Å². The molecule has 0 radical (unpaired) electrons. The van der Waals surface area contributed by atoms with Crippen molar-refractivity contribution >= 4 is 22.7 Å². The lowest BCUT2D eigenvalue weighted by atomic mass is 9.98. The number of benzene rings is 1. The van der Waals surface area contributed by atoms with Crippen molar-refractivity contribution in [1.82, 2.24) is 24.3 Å². The van der Waals surface area contributed by atoms with Gasteiger partial charge in [-0.1, -0.05) is 36.8 Å². The summed E-state index contributed by atoms with van der Waals surface area (Å²) in [6.07, 6.45) is 5.20. The fourth-order valence-electron chi connectivity index (χ4n) is 4.38. The molecule has 1 aromatic carbocycles. The van der Waals surface area contributed by atoms with E-state index in [-0.39, 0.29) is 12.1 Å². The Hall–Kier alpha value is -3.78. The second kappa shape index (κ2) is 7.97. The van der Waals surface area contributed by atoms with Gasteiger partial charge in [-0.3, -0.25) is 4.79 Å². The molecular weight excluding hydrogens is 416 g/mol. The third-order valence-corrected chi connectivity index (χ3v) is 6.30. The Labute approximate surface area is 191 Å². The summed E-state index contributed by atoms with van der Waals surface area (Å²) in [4.78, 5) is 27.0. The van der Waals surface area contributed by atoms with Gasteiger partial charge in [0.05, 0.1) is 12.2 Å². The van der Waals surface area contributed by atoms with Crippen molar-refractivity contribution in [2.75, 3.05) is 5.32 Å². The van der Waals surface area contributed by atoms with Crippen LogP contribution in [0.25, 0.3) is 16.9 Å². The normalized spacial score (nSPS) is 17.3. The van der Waals surface area contributed by atoms with E-state index in [2.05, 4.69) is 21.9 Å². The van der Waals surface area contributed by atoms with E-state index < -0.39 is 5.60 Å². The number of aromatic nitrogens is 5. The Balaban J connectivity index is 1.68. The van der Waals surface area contributed by atoms with Crippen molar-refractivity contribution in [1.29, 1.82) is 0 Å². The lowest BCUT2D eigenvalue weighted by molar-refractivity contribution is 0.0306. The largest absolute Gasteiger partial charge is 0.384 e. The third-order valence-electron chi connectivity index (χ3n) is 6.30. The van der Waals surface area contributed by atoms with E-state index in [0.717, 1.165) is 23.2 Å². The average Bonchev–Trinajstić information content (AvgIpc) is 3.30. The highest BCUT2D eigenvalue weighted by Gasteiger charge is 2.37. The SMILES string of the molecule is C=CCn1c(=O)c2cnc(Nc3ccc(C)cc3)nc2n1-c1ccc2c(n1)C(O)(CC)CC2. The number of aryl methyl sites for hydroxylation is 2. The minimum atomic E-state index is -0.953. The number of nitrogens with one attached hydrogen (secondary N) is 1. The maximum Gasteiger partial charge on any atom is 0.278 e. The molecule has 1 unspecified atom stereocenters. The molecule has 33 heavy (non-hydrogen) atoms. The molecule has 0 spiro atoms. The van der Waals surface area contributed by atoms with Crippen molar-refractivity contribution in [3.63, 3.8) is 0 Å². The number of hydrogen-bond acceptors (Lipinski definition) is 6. The first-order valence-corrected chi connectivity index (χ1v) is 11.1. The number of anilines is 2. The first-order valence-electron chi connectivity index (χ1n) is 11.1. The summed E-state index contributed by atoms with van der Waals surface area (Å²) < 4.78 is 3.23. The van der Waals surface area contributed by atoms with Gasteiger partial charge in [-0.2, -0.15) is 4.98 Å². The van der Waals surface area contributed by atoms with Crippen LogP contribution in [0.4, 0.5) is 11.6 Å². The fourth-order valence-corrected chi connectivity index (χ4v) is 4.38. The van der Waals surface area contributed by atoms with Gasteiger partial charge < -0.3 is 10.4 Å². The van der Waals surface area contributed by atoms with E-state index in [0.29, 0.717) is 41.3 Å². The van der Waals surface area contributed by atoms with Crippen LogP contribution in [-0.2, 0) is 18.6 Å². The first kappa shape index (κ1) is 21.1. The molecule has 1 atom stereocenters. The Morgan fingerprint density at radius 1 is 1.21 bits per heavy atom. The second-order valence-corrected chi connectivity index (χ2v) is 8.47. The van der Waals surface area contributed by atoms with Crippen LogP contribution < -0.4 is 10.9 Å². The standard InChI is InChI=1S/C25H26N6O2/c1-4-14-30-23(32)19-15-26-24(27-18-9-6-16(3)7-10-18)29-22(19)31(30)20-11-8-17-12-13-25(33,5-2)21(17)28-20/h4,6-11,15,33H,1,5,12-14H2,2-3H3,(H,26,27,29). The Bertz CT molecular complexity index is 1420. The fraction of sp³-hybridized carbons (Fsp3) is 0.280. The Kier molecular flexibility index (Phi) is 5.09. The molecule has 2 N–H and O–H groups in total. The van der Waals surface area contributed by atoms with Gasteiger partial charge in [0.2, 0.25) is 5.95 Å². The van der Waals surface area contributed by atoms with Crippen LogP contribution in [-0.4, -0.2) is 29.4 Å². The quantitative estimate of drug-likeness (QED) is 0.441. The van der Waals surface area contributed by atoms with Gasteiger partial charge in [0.1, 0.15) is 11.0 Å². The van der Waals surface area contributed by atoms with E-state index in [1.54, 1.807) is 10.8 Å². The Morgan fingerprint density at radius 3 is 2.73 bits per heavy atom. The summed E-state index contributed by atoms with van der Waals surface area (Å²) >= 11 is 0. The number of nitrogens with zero attached hydrogens (tertiary/aromatic N) is 5. The molecule has 8 nitrogen and oxygen atoms in total. The molecule has 0 aliphatic heterocycles. The highest BCUT2D eigenvalue weighted by Crippen LogP contribution is 2.38. The molecular formula is C25H26N6O2. The third kappa shape index (κ3) is 3.52. The zero-order chi connectivity index (χ0) is 23.2. The maximum absolute atomic E-state index is 13.2. The van der Waals surface area contributed by atoms with Crippen molar-refractivity contribution in [3.8, 4) is 5.82 Å². The van der Waals surface area contributed by atoms with Crippen molar-refractivity contribution in [3.05, 3.63) is 82.4 Å². The molecule has 1 aliphatic carbocycles. The summed E-state index contributed by atoms with van der Waals surface area (Å²) in [7, 11) is 0. The van der Waals surface area contributed by atoms with Gasteiger partial charge in [0.15, 0.2) is 11.5 Å². The molecule has 3 aromatic heterocycles. The summed E-state index contributed by atoms with van der Waals surface area (Å²) in [6, 6.07) is 11.8. The predicted octanol–water partition coefficient (Wildman–Crippen LogP) is 3.76. The van der Waals surface area contributed by atoms with Crippen LogP contribution in [0.3, 0.4) is 0 Å². The van der Waals surface area contributed by atoms with Crippen LogP contribution in [0, 0.1) is 6.92 Å². The van der Waals surface area contributed by atoms with Gasteiger partial charge in [-0.05, 0) is 49.9 Å². The molecule has 0 bridgehead atoms. The van der Waals surface area contributed by atoms with Crippen molar-refractivity contribution in [2.45, 2.75) is 45.3 Å². The lowest BCUT2D eigenvalue weighted by Gasteiger charge is -2.21. The predicted molar refractivity (Wildman–Crippen MR) is 128 cm³/mol. The van der Waals surface area contributed by atoms with Gasteiger partial charge >= 0.3 is 0 Å². The van der Waals surface area contributed by atoms with Gasteiger partial charge in [0.25, 0.3) is 5.56 Å². The van der Waals surface area contributed by atoms with Gasteiger partial charge in [-0.15, -0.1) is 6.58 Å². The number of aliphatic hydroxyl groups is 1. The number of rotatable bonds is 6. The topological polar surface area (TPSA) is 97.9 Å². The number of pyridine rings is 1. The van der Waals surface area contributed by atoms with E-state index in [1.807, 2.05) is 50.2 Å². The van der Waals surface area contributed by atoms with Crippen LogP contribution in [0.5, 0.6) is 0 Å². The van der Waals surface area contributed by atoms with E-state index in [1.165, 1.54) is 10.9 Å². The van der Waals surface area contributed by atoms with Crippen LogP contribution in [0.15, 0.2) is 60.0 Å². The maximum atomic E-state index is 13.2. The highest BCUT2D eigenvalue weighted by atomic mass is 16.3. The van der Waals surface area contributed by atoms with Gasteiger partial charge in [0, 0.05) is 11.9 Å². The lowest BCUT2D eigenvalue weighted by Crippen LogP contribution is -2.25.